The first-order valence-corrected chi connectivity index (χ1v) is 6.11. The van der Waals surface area contributed by atoms with Crippen LogP contribution in [0.25, 0.3) is 0 Å². The number of carbonyl (C=O) groups excluding carboxylic acids is 1. The molecule has 17 heavy (non-hydrogen) atoms. The Morgan fingerprint density at radius 2 is 1.76 bits per heavy atom. The average molecular weight is 248 g/mol. The van der Waals surface area contributed by atoms with E-state index in [9.17, 15) is 4.79 Å². The number of rotatable bonds is 6. The van der Waals surface area contributed by atoms with E-state index in [0.29, 0.717) is 23.8 Å². The average Bonchev–Trinajstić information content (AvgIpc) is 2.84. The first-order valence-electron chi connectivity index (χ1n) is 5.23. The minimum absolute atomic E-state index is 0.462. The van der Waals surface area contributed by atoms with Crippen molar-refractivity contribution in [2.24, 2.45) is 0 Å². The monoisotopic (exact) mass is 248 g/mol. The highest BCUT2D eigenvalue weighted by atomic mass is 32.1. The zero-order valence-electron chi connectivity index (χ0n) is 9.17. The molecule has 0 radical (unpaired) electrons. The van der Waals surface area contributed by atoms with E-state index >= 15 is 0 Å². The first kappa shape index (κ1) is 11.7. The molecule has 0 aliphatic rings. The summed E-state index contributed by atoms with van der Waals surface area (Å²) in [7, 11) is 0. The third-order valence-electron chi connectivity index (χ3n) is 2.08. The van der Waals surface area contributed by atoms with E-state index in [1.807, 2.05) is 35.7 Å². The fourth-order valence-electron chi connectivity index (χ4n) is 1.31. The van der Waals surface area contributed by atoms with Crippen molar-refractivity contribution in [2.75, 3.05) is 13.2 Å². The molecular weight excluding hydrogens is 236 g/mol. The van der Waals surface area contributed by atoms with Gasteiger partial charge in [-0.15, -0.1) is 11.3 Å². The topological polar surface area (TPSA) is 35.5 Å². The number of aldehydes is 1. The zero-order chi connectivity index (χ0) is 11.9. The van der Waals surface area contributed by atoms with E-state index < -0.39 is 0 Å². The highest BCUT2D eigenvalue weighted by Gasteiger charge is 1.99. The van der Waals surface area contributed by atoms with Gasteiger partial charge in [-0.25, -0.2) is 0 Å². The molecule has 0 bridgehead atoms. The summed E-state index contributed by atoms with van der Waals surface area (Å²) in [5, 5.41) is 1.81. The van der Waals surface area contributed by atoms with Crippen LogP contribution in [0.1, 0.15) is 9.67 Å². The number of thiophene rings is 1. The fraction of sp³-hybridized carbons (Fsp3) is 0.154. The lowest BCUT2D eigenvalue weighted by atomic mass is 10.3. The molecule has 0 saturated carbocycles. The van der Waals surface area contributed by atoms with Gasteiger partial charge in [0.25, 0.3) is 0 Å². The summed E-state index contributed by atoms with van der Waals surface area (Å²) in [6, 6.07) is 11.3. The Labute approximate surface area is 104 Å². The molecule has 0 saturated heterocycles. The SMILES string of the molecule is O=Cc1cc(OCCOc2ccccc2)cs1. The van der Waals surface area contributed by atoms with Gasteiger partial charge in [-0.1, -0.05) is 18.2 Å². The third-order valence-corrected chi connectivity index (χ3v) is 2.91. The minimum atomic E-state index is 0.462. The molecule has 1 aromatic heterocycles. The molecular formula is C13H12O3S. The second kappa shape index (κ2) is 6.06. The second-order valence-corrected chi connectivity index (χ2v) is 4.26. The van der Waals surface area contributed by atoms with Crippen LogP contribution >= 0.6 is 11.3 Å². The predicted molar refractivity (Wildman–Crippen MR) is 67.1 cm³/mol. The molecule has 1 aromatic carbocycles. The van der Waals surface area contributed by atoms with Crippen molar-refractivity contribution in [1.82, 2.24) is 0 Å². The summed E-state index contributed by atoms with van der Waals surface area (Å²) in [6.07, 6.45) is 0.817. The van der Waals surface area contributed by atoms with Gasteiger partial charge in [0.1, 0.15) is 24.7 Å². The number of carbonyl (C=O) groups is 1. The summed E-state index contributed by atoms with van der Waals surface area (Å²) in [6.45, 7) is 0.945. The van der Waals surface area contributed by atoms with E-state index in [0.717, 1.165) is 12.0 Å². The number of hydrogen-bond acceptors (Lipinski definition) is 4. The molecule has 0 amide bonds. The minimum Gasteiger partial charge on any atom is -0.490 e. The molecule has 2 aromatic rings. The van der Waals surface area contributed by atoms with Crippen molar-refractivity contribution in [3.05, 3.63) is 46.7 Å². The summed E-state index contributed by atoms with van der Waals surface area (Å²) in [5.41, 5.74) is 0. The van der Waals surface area contributed by atoms with Crippen LogP contribution in [-0.2, 0) is 0 Å². The first-order chi connectivity index (χ1) is 8.38. The van der Waals surface area contributed by atoms with E-state index in [2.05, 4.69) is 0 Å². The van der Waals surface area contributed by atoms with Gasteiger partial charge in [0.15, 0.2) is 6.29 Å². The van der Waals surface area contributed by atoms with Crippen molar-refractivity contribution in [3.63, 3.8) is 0 Å². The molecule has 0 N–H and O–H groups in total. The molecule has 1 heterocycles. The highest BCUT2D eigenvalue weighted by molar-refractivity contribution is 7.11. The van der Waals surface area contributed by atoms with E-state index in [1.165, 1.54) is 11.3 Å². The van der Waals surface area contributed by atoms with Crippen LogP contribution < -0.4 is 9.47 Å². The predicted octanol–water partition coefficient (Wildman–Crippen LogP) is 3.02. The van der Waals surface area contributed by atoms with Gasteiger partial charge in [0.2, 0.25) is 0 Å². The van der Waals surface area contributed by atoms with Crippen molar-refractivity contribution < 1.29 is 14.3 Å². The normalized spacial score (nSPS) is 9.88. The van der Waals surface area contributed by atoms with Crippen LogP contribution in [0.15, 0.2) is 41.8 Å². The number of hydrogen-bond donors (Lipinski definition) is 0. The highest BCUT2D eigenvalue weighted by Crippen LogP contribution is 2.19. The Hall–Kier alpha value is -1.81. The lowest BCUT2D eigenvalue weighted by Gasteiger charge is -2.06. The number of benzene rings is 1. The number of ether oxygens (including phenoxy) is 2. The van der Waals surface area contributed by atoms with Gasteiger partial charge in [0, 0.05) is 11.4 Å². The molecule has 0 spiro atoms. The Morgan fingerprint density at radius 3 is 2.41 bits per heavy atom. The van der Waals surface area contributed by atoms with Crippen molar-refractivity contribution in [1.29, 1.82) is 0 Å². The van der Waals surface area contributed by atoms with Crippen LogP contribution in [0.4, 0.5) is 0 Å². The lowest BCUT2D eigenvalue weighted by Crippen LogP contribution is -2.08. The lowest BCUT2D eigenvalue weighted by molar-refractivity contribution is 0.112. The maximum Gasteiger partial charge on any atom is 0.160 e. The molecule has 0 aliphatic heterocycles. The molecule has 2 rings (SSSR count). The van der Waals surface area contributed by atoms with E-state index in [1.54, 1.807) is 6.07 Å². The molecule has 3 nitrogen and oxygen atoms in total. The molecule has 88 valence electrons. The largest absolute Gasteiger partial charge is 0.490 e. The maximum atomic E-state index is 10.5. The maximum absolute atomic E-state index is 10.5. The number of para-hydroxylation sites is 1. The zero-order valence-corrected chi connectivity index (χ0v) is 9.98. The quantitative estimate of drug-likeness (QED) is 0.582. The molecule has 0 atom stereocenters. The Morgan fingerprint density at radius 1 is 1.06 bits per heavy atom. The van der Waals surface area contributed by atoms with Crippen LogP contribution in [-0.4, -0.2) is 19.5 Å². The van der Waals surface area contributed by atoms with Crippen LogP contribution in [0.5, 0.6) is 11.5 Å². The van der Waals surface area contributed by atoms with Gasteiger partial charge >= 0.3 is 0 Å². The van der Waals surface area contributed by atoms with Gasteiger partial charge in [-0.3, -0.25) is 4.79 Å². The summed E-state index contributed by atoms with van der Waals surface area (Å²) < 4.78 is 10.9. The van der Waals surface area contributed by atoms with Crippen LogP contribution in [0, 0.1) is 0 Å². The van der Waals surface area contributed by atoms with Crippen molar-refractivity contribution >= 4 is 17.6 Å². The second-order valence-electron chi connectivity index (χ2n) is 3.31. The summed E-state index contributed by atoms with van der Waals surface area (Å²) >= 11 is 1.37. The Balaban J connectivity index is 1.71. The van der Waals surface area contributed by atoms with E-state index in [4.69, 9.17) is 9.47 Å². The fourth-order valence-corrected chi connectivity index (χ4v) is 1.94. The standard InChI is InChI=1S/C13H12O3S/c14-9-13-8-12(10-17-13)16-7-6-15-11-4-2-1-3-5-11/h1-5,8-10H,6-7H2. The van der Waals surface area contributed by atoms with Crippen LogP contribution in [0.3, 0.4) is 0 Å². The van der Waals surface area contributed by atoms with Gasteiger partial charge in [-0.2, -0.15) is 0 Å². The van der Waals surface area contributed by atoms with Gasteiger partial charge < -0.3 is 9.47 Å². The summed E-state index contributed by atoms with van der Waals surface area (Å²) in [5.74, 6) is 1.55. The van der Waals surface area contributed by atoms with Gasteiger partial charge in [-0.05, 0) is 12.1 Å². The van der Waals surface area contributed by atoms with E-state index in [-0.39, 0.29) is 0 Å². The van der Waals surface area contributed by atoms with Crippen LogP contribution in [0.2, 0.25) is 0 Å². The Bertz CT molecular complexity index is 465. The molecule has 4 heteroatoms. The smallest absolute Gasteiger partial charge is 0.160 e. The van der Waals surface area contributed by atoms with Gasteiger partial charge in [0.05, 0.1) is 4.88 Å². The Kier molecular flexibility index (Phi) is 4.16. The van der Waals surface area contributed by atoms with Crippen molar-refractivity contribution in [3.8, 4) is 11.5 Å². The molecule has 0 aliphatic carbocycles. The molecule has 0 unspecified atom stereocenters. The van der Waals surface area contributed by atoms with Crippen molar-refractivity contribution in [2.45, 2.75) is 0 Å². The third kappa shape index (κ3) is 3.60. The molecule has 0 fully saturated rings. The summed E-state index contributed by atoms with van der Waals surface area (Å²) in [4.78, 5) is 11.1.